The van der Waals surface area contributed by atoms with Crippen molar-refractivity contribution >= 4 is 17.3 Å². The predicted molar refractivity (Wildman–Crippen MR) is 95.2 cm³/mol. The molecule has 2 aromatic carbocycles. The van der Waals surface area contributed by atoms with Crippen molar-refractivity contribution in [3.05, 3.63) is 54.1 Å². The number of hydrogen-bond donors (Lipinski definition) is 2. The van der Waals surface area contributed by atoms with E-state index in [1.807, 2.05) is 37.3 Å². The fourth-order valence-electron chi connectivity index (χ4n) is 2.23. The lowest BCUT2D eigenvalue weighted by Crippen LogP contribution is -2.31. The van der Waals surface area contributed by atoms with E-state index in [4.69, 9.17) is 4.74 Å². The molecule has 0 saturated heterocycles. The molecule has 0 radical (unpaired) electrons. The maximum absolute atomic E-state index is 12.3. The zero-order valence-corrected chi connectivity index (χ0v) is 14.1. The van der Waals surface area contributed by atoms with Gasteiger partial charge in [0.05, 0.1) is 7.11 Å². The van der Waals surface area contributed by atoms with E-state index in [0.29, 0.717) is 11.7 Å². The Morgan fingerprint density at radius 2 is 1.70 bits per heavy atom. The number of ether oxygens (including phenoxy) is 1. The normalized spacial score (nSPS) is 11.9. The van der Waals surface area contributed by atoms with Gasteiger partial charge >= 0.3 is 0 Å². The highest BCUT2D eigenvalue weighted by Gasteiger charge is 2.13. The molecule has 0 spiro atoms. The molecule has 122 valence electrons. The minimum Gasteiger partial charge on any atom is -0.497 e. The molecule has 2 rings (SSSR count). The lowest BCUT2D eigenvalue weighted by atomic mass is 10.0. The quantitative estimate of drug-likeness (QED) is 0.838. The van der Waals surface area contributed by atoms with Gasteiger partial charge in [-0.05, 0) is 42.7 Å². The summed E-state index contributed by atoms with van der Waals surface area (Å²) < 4.78 is 5.16. The average Bonchev–Trinajstić information content (AvgIpc) is 2.55. The van der Waals surface area contributed by atoms with Crippen molar-refractivity contribution in [1.29, 1.82) is 0 Å². The van der Waals surface area contributed by atoms with Crippen LogP contribution in [0.15, 0.2) is 48.5 Å². The molecule has 4 nitrogen and oxygen atoms in total. The van der Waals surface area contributed by atoms with E-state index in [0.717, 1.165) is 11.4 Å². The standard InChI is InChI=1S/C19H24N2O2/c1-13(2)15-8-10-16(11-9-15)20-14(3)19(22)21-17-6-5-7-18(12-17)23-4/h5-14,20H,1-4H3,(H,21,22). The molecular formula is C19H24N2O2. The van der Waals surface area contributed by atoms with Crippen LogP contribution in [0.3, 0.4) is 0 Å². The molecule has 1 unspecified atom stereocenters. The first kappa shape index (κ1) is 16.9. The summed E-state index contributed by atoms with van der Waals surface area (Å²) >= 11 is 0. The van der Waals surface area contributed by atoms with Crippen molar-refractivity contribution in [3.63, 3.8) is 0 Å². The molecule has 0 aliphatic rings. The predicted octanol–water partition coefficient (Wildman–Crippen LogP) is 4.26. The number of benzene rings is 2. The molecule has 0 aromatic heterocycles. The Balaban J connectivity index is 1.96. The Morgan fingerprint density at radius 3 is 2.30 bits per heavy atom. The van der Waals surface area contributed by atoms with E-state index in [2.05, 4.69) is 36.6 Å². The van der Waals surface area contributed by atoms with Crippen LogP contribution in [0.1, 0.15) is 32.3 Å². The van der Waals surface area contributed by atoms with Crippen LogP contribution < -0.4 is 15.4 Å². The van der Waals surface area contributed by atoms with Crippen molar-refractivity contribution in [1.82, 2.24) is 0 Å². The molecule has 0 heterocycles. The maximum Gasteiger partial charge on any atom is 0.246 e. The molecule has 0 fully saturated rings. The van der Waals surface area contributed by atoms with E-state index in [1.165, 1.54) is 5.56 Å². The smallest absolute Gasteiger partial charge is 0.246 e. The number of amides is 1. The highest BCUT2D eigenvalue weighted by molar-refractivity contribution is 5.96. The largest absolute Gasteiger partial charge is 0.497 e. The van der Waals surface area contributed by atoms with Gasteiger partial charge in [0.15, 0.2) is 0 Å². The molecule has 0 aliphatic carbocycles. The van der Waals surface area contributed by atoms with Gasteiger partial charge in [0.1, 0.15) is 11.8 Å². The zero-order chi connectivity index (χ0) is 16.8. The Labute approximate surface area is 137 Å². The second-order valence-corrected chi connectivity index (χ2v) is 5.86. The molecule has 0 saturated carbocycles. The van der Waals surface area contributed by atoms with Gasteiger partial charge in [0.2, 0.25) is 5.91 Å². The van der Waals surface area contributed by atoms with Crippen LogP contribution in [0, 0.1) is 0 Å². The molecule has 1 amide bonds. The van der Waals surface area contributed by atoms with E-state index in [1.54, 1.807) is 13.2 Å². The minimum atomic E-state index is -0.342. The molecule has 23 heavy (non-hydrogen) atoms. The van der Waals surface area contributed by atoms with Crippen molar-refractivity contribution in [3.8, 4) is 5.75 Å². The second-order valence-electron chi connectivity index (χ2n) is 5.86. The first-order valence-corrected chi connectivity index (χ1v) is 7.81. The third-order valence-electron chi connectivity index (χ3n) is 3.69. The number of nitrogens with one attached hydrogen (secondary N) is 2. The summed E-state index contributed by atoms with van der Waals surface area (Å²) in [6.07, 6.45) is 0. The first-order valence-electron chi connectivity index (χ1n) is 7.81. The molecule has 4 heteroatoms. The molecule has 1 atom stereocenters. The van der Waals surface area contributed by atoms with Crippen molar-refractivity contribution in [2.75, 3.05) is 17.7 Å². The average molecular weight is 312 g/mol. The van der Waals surface area contributed by atoms with Crippen LogP contribution in [-0.2, 0) is 4.79 Å². The molecule has 2 aromatic rings. The van der Waals surface area contributed by atoms with Crippen LogP contribution in [0.4, 0.5) is 11.4 Å². The number of anilines is 2. The van der Waals surface area contributed by atoms with Crippen LogP contribution >= 0.6 is 0 Å². The topological polar surface area (TPSA) is 50.4 Å². The Hall–Kier alpha value is -2.49. The summed E-state index contributed by atoms with van der Waals surface area (Å²) in [7, 11) is 1.60. The SMILES string of the molecule is COc1cccc(NC(=O)C(C)Nc2ccc(C(C)C)cc2)c1. The van der Waals surface area contributed by atoms with Crippen LogP contribution in [0.25, 0.3) is 0 Å². The third kappa shape index (κ3) is 4.74. The summed E-state index contributed by atoms with van der Waals surface area (Å²) in [4.78, 5) is 12.3. The number of rotatable bonds is 6. The van der Waals surface area contributed by atoms with E-state index in [-0.39, 0.29) is 11.9 Å². The van der Waals surface area contributed by atoms with Gasteiger partial charge in [-0.15, -0.1) is 0 Å². The molecule has 0 bridgehead atoms. The van der Waals surface area contributed by atoms with E-state index in [9.17, 15) is 4.79 Å². The van der Waals surface area contributed by atoms with Crippen LogP contribution in [0.2, 0.25) is 0 Å². The summed E-state index contributed by atoms with van der Waals surface area (Å²) in [5.41, 5.74) is 2.94. The second kappa shape index (κ2) is 7.68. The van der Waals surface area contributed by atoms with Gasteiger partial charge in [-0.1, -0.05) is 32.0 Å². The van der Waals surface area contributed by atoms with E-state index >= 15 is 0 Å². The molecule has 0 aliphatic heterocycles. The summed E-state index contributed by atoms with van der Waals surface area (Å²) in [6, 6.07) is 15.2. The van der Waals surface area contributed by atoms with Gasteiger partial charge in [-0.25, -0.2) is 0 Å². The Bertz CT molecular complexity index is 651. The fourth-order valence-corrected chi connectivity index (χ4v) is 2.23. The summed E-state index contributed by atoms with van der Waals surface area (Å²) in [5.74, 6) is 1.12. The number of carbonyl (C=O) groups excluding carboxylic acids is 1. The summed E-state index contributed by atoms with van der Waals surface area (Å²) in [6.45, 7) is 6.16. The minimum absolute atomic E-state index is 0.0915. The van der Waals surface area contributed by atoms with Gasteiger partial charge in [0.25, 0.3) is 0 Å². The van der Waals surface area contributed by atoms with Gasteiger partial charge in [-0.2, -0.15) is 0 Å². The van der Waals surface area contributed by atoms with Crippen LogP contribution in [-0.4, -0.2) is 19.1 Å². The lowest BCUT2D eigenvalue weighted by molar-refractivity contribution is -0.116. The molecule has 2 N–H and O–H groups in total. The van der Waals surface area contributed by atoms with Gasteiger partial charge in [0, 0.05) is 17.4 Å². The number of hydrogen-bond acceptors (Lipinski definition) is 3. The fraction of sp³-hybridized carbons (Fsp3) is 0.316. The summed E-state index contributed by atoms with van der Waals surface area (Å²) in [5, 5.41) is 6.10. The Morgan fingerprint density at radius 1 is 1.00 bits per heavy atom. The van der Waals surface area contributed by atoms with Crippen molar-refractivity contribution in [2.45, 2.75) is 32.7 Å². The third-order valence-corrected chi connectivity index (χ3v) is 3.69. The molecular weight excluding hydrogens is 288 g/mol. The maximum atomic E-state index is 12.3. The van der Waals surface area contributed by atoms with E-state index < -0.39 is 0 Å². The number of methoxy groups -OCH3 is 1. The van der Waals surface area contributed by atoms with Crippen LogP contribution in [0.5, 0.6) is 5.75 Å². The van der Waals surface area contributed by atoms with Gasteiger partial charge in [-0.3, -0.25) is 4.79 Å². The number of carbonyl (C=O) groups is 1. The van der Waals surface area contributed by atoms with Crippen molar-refractivity contribution < 1.29 is 9.53 Å². The van der Waals surface area contributed by atoms with Gasteiger partial charge < -0.3 is 15.4 Å². The Kier molecular flexibility index (Phi) is 5.63. The van der Waals surface area contributed by atoms with Crippen molar-refractivity contribution in [2.24, 2.45) is 0 Å². The first-order chi connectivity index (χ1) is 11.0. The highest BCUT2D eigenvalue weighted by atomic mass is 16.5. The monoisotopic (exact) mass is 312 g/mol. The lowest BCUT2D eigenvalue weighted by Gasteiger charge is -2.16. The highest BCUT2D eigenvalue weighted by Crippen LogP contribution is 2.19. The zero-order valence-electron chi connectivity index (χ0n) is 14.1.